The largest absolute Gasteiger partial charge is 0.309 e. The number of hydrogen-bond donors (Lipinski definition) is 0. The fraction of sp³-hybridized carbons (Fsp3) is 0.117. The number of hydrogen-bond acceptors (Lipinski definition) is 0. The van der Waals surface area contributed by atoms with Crippen LogP contribution in [0.15, 0.2) is 231 Å². The highest BCUT2D eigenvalue weighted by Gasteiger charge is 2.42. The monoisotopic (exact) mass is 1010 g/mol. The maximum atomic E-state index is 2.54. The van der Waals surface area contributed by atoms with Crippen LogP contribution in [0.25, 0.3) is 123 Å². The van der Waals surface area contributed by atoms with Gasteiger partial charge in [-0.05, 0) is 179 Å². The topological polar surface area (TPSA) is 9.86 Å². The first-order valence-corrected chi connectivity index (χ1v) is 28.1. The fourth-order valence-corrected chi connectivity index (χ4v) is 14.5. The Morgan fingerprint density at radius 3 is 1.34 bits per heavy atom. The molecule has 0 spiro atoms. The molecule has 0 radical (unpaired) electrons. The molecule has 0 fully saturated rings. The molecule has 79 heavy (non-hydrogen) atoms. The van der Waals surface area contributed by atoms with Crippen LogP contribution in [0.1, 0.15) is 86.1 Å². The second-order valence-corrected chi connectivity index (χ2v) is 24.1. The number of fused-ring (bicyclic) bond motifs is 15. The van der Waals surface area contributed by atoms with Crippen molar-refractivity contribution in [2.75, 3.05) is 0 Å². The Hall–Kier alpha value is -9.24. The predicted molar refractivity (Wildman–Crippen MR) is 334 cm³/mol. The molecule has 16 rings (SSSR count). The second kappa shape index (κ2) is 16.4. The zero-order chi connectivity index (χ0) is 53.1. The van der Waals surface area contributed by atoms with E-state index in [1.54, 1.807) is 0 Å². The van der Waals surface area contributed by atoms with Crippen LogP contribution in [0.2, 0.25) is 0 Å². The van der Waals surface area contributed by atoms with Gasteiger partial charge in [0.2, 0.25) is 0 Å². The van der Waals surface area contributed by atoms with Crippen molar-refractivity contribution in [1.29, 1.82) is 0 Å². The molecule has 2 nitrogen and oxygen atoms in total. The molecule has 376 valence electrons. The average Bonchev–Trinajstić information content (AvgIpc) is 3.78. The van der Waals surface area contributed by atoms with Crippen LogP contribution in [-0.4, -0.2) is 9.13 Å². The molecule has 2 heterocycles. The Kier molecular flexibility index (Phi) is 9.53. The third-order valence-corrected chi connectivity index (χ3v) is 18.7. The number of rotatable bonds is 6. The molecular weight excluding hydrogens is 953 g/mol. The van der Waals surface area contributed by atoms with Gasteiger partial charge < -0.3 is 9.13 Å². The standard InChI is InChI=1S/C77H58N2/c1-75(2)65-21-13-10-18-55(65)56-37-34-54(44-68(56)75)79-72-23-15-12-20-60(72)64-42-51(33-39-74(64)79)52-31-36-58-62-46-69-61(45-70(62)77(5,6)67(58)43-52)57-35-28-48(40-66(57)76(69,3)4)25-24-47-26-29-49(30-27-47)50-32-38-73-63(41-50)59-19-11-14-22-71(59)78(73)53-16-8-7-9-17-53/h7-46H,1-6H3/b25-24+. The van der Waals surface area contributed by atoms with Gasteiger partial charge in [-0.3, -0.25) is 0 Å². The fourth-order valence-electron chi connectivity index (χ4n) is 14.5. The Balaban J connectivity index is 0.682. The molecule has 3 aliphatic rings. The highest BCUT2D eigenvalue weighted by molar-refractivity contribution is 6.12. The molecule has 11 aromatic carbocycles. The number of aromatic nitrogens is 2. The van der Waals surface area contributed by atoms with Crippen molar-refractivity contribution in [1.82, 2.24) is 9.13 Å². The summed E-state index contributed by atoms with van der Waals surface area (Å²) in [5.41, 5.74) is 30.8. The van der Waals surface area contributed by atoms with Gasteiger partial charge in [0, 0.05) is 49.2 Å². The van der Waals surface area contributed by atoms with E-state index in [9.17, 15) is 0 Å². The van der Waals surface area contributed by atoms with Crippen molar-refractivity contribution in [3.05, 3.63) is 275 Å². The van der Waals surface area contributed by atoms with Gasteiger partial charge in [0.15, 0.2) is 0 Å². The second-order valence-electron chi connectivity index (χ2n) is 24.1. The predicted octanol–water partition coefficient (Wildman–Crippen LogP) is 20.3. The van der Waals surface area contributed by atoms with Crippen LogP contribution in [0.3, 0.4) is 0 Å². The lowest BCUT2D eigenvalue weighted by Crippen LogP contribution is -2.17. The SMILES string of the molecule is CC1(C)c2ccccc2-c2ccc(-n3c4ccccc4c4cc(-c5ccc6c(c5)C(C)(C)c5cc7c(cc5-6)C(C)(C)c5cc(/C=C/c6ccc(-c8ccc9c(c8)c8ccccc8n9-c8ccccc8)cc6)ccc5-7)ccc43)cc21. The van der Waals surface area contributed by atoms with E-state index in [0.717, 1.165) is 0 Å². The maximum absolute atomic E-state index is 2.54. The summed E-state index contributed by atoms with van der Waals surface area (Å²) >= 11 is 0. The van der Waals surface area contributed by atoms with Crippen LogP contribution in [0, 0.1) is 0 Å². The lowest BCUT2D eigenvalue weighted by Gasteiger charge is -2.24. The van der Waals surface area contributed by atoms with E-state index in [4.69, 9.17) is 0 Å². The van der Waals surface area contributed by atoms with Gasteiger partial charge in [0.05, 0.1) is 22.1 Å². The van der Waals surface area contributed by atoms with Crippen LogP contribution < -0.4 is 0 Å². The summed E-state index contributed by atoms with van der Waals surface area (Å²) in [5, 5.41) is 5.09. The average molecular weight is 1010 g/mol. The van der Waals surface area contributed by atoms with Crippen molar-refractivity contribution >= 4 is 55.8 Å². The van der Waals surface area contributed by atoms with Crippen molar-refractivity contribution in [2.24, 2.45) is 0 Å². The van der Waals surface area contributed by atoms with Crippen molar-refractivity contribution in [3.63, 3.8) is 0 Å². The summed E-state index contributed by atoms with van der Waals surface area (Å²) in [6.07, 6.45) is 4.53. The summed E-state index contributed by atoms with van der Waals surface area (Å²) in [6.45, 7) is 14.4. The zero-order valence-corrected chi connectivity index (χ0v) is 45.5. The Bertz CT molecular complexity index is 4780. The first-order chi connectivity index (χ1) is 38.4. The van der Waals surface area contributed by atoms with Gasteiger partial charge in [-0.1, -0.05) is 205 Å². The molecule has 0 atom stereocenters. The van der Waals surface area contributed by atoms with Crippen LogP contribution in [0.4, 0.5) is 0 Å². The first-order valence-electron chi connectivity index (χ1n) is 28.1. The minimum absolute atomic E-state index is 0.0674. The number of benzene rings is 11. The van der Waals surface area contributed by atoms with E-state index < -0.39 is 0 Å². The quantitative estimate of drug-likeness (QED) is 0.147. The molecule has 3 aliphatic carbocycles. The summed E-state index contributed by atoms with van der Waals surface area (Å²) < 4.78 is 4.85. The smallest absolute Gasteiger partial charge is 0.0541 e. The van der Waals surface area contributed by atoms with Crippen molar-refractivity contribution < 1.29 is 0 Å². The van der Waals surface area contributed by atoms with Crippen LogP contribution in [0.5, 0.6) is 0 Å². The van der Waals surface area contributed by atoms with Gasteiger partial charge in [-0.25, -0.2) is 0 Å². The van der Waals surface area contributed by atoms with Gasteiger partial charge in [0.1, 0.15) is 0 Å². The first kappa shape index (κ1) is 45.9. The molecule has 0 amide bonds. The summed E-state index contributed by atoms with van der Waals surface area (Å²) in [4.78, 5) is 0. The van der Waals surface area contributed by atoms with Gasteiger partial charge in [0.25, 0.3) is 0 Å². The Morgan fingerprint density at radius 1 is 0.253 bits per heavy atom. The summed E-state index contributed by atoms with van der Waals surface area (Å²) in [7, 11) is 0. The van der Waals surface area contributed by atoms with Gasteiger partial charge in [-0.15, -0.1) is 0 Å². The van der Waals surface area contributed by atoms with E-state index in [1.165, 1.54) is 155 Å². The van der Waals surface area contributed by atoms with Gasteiger partial charge in [-0.2, -0.15) is 0 Å². The van der Waals surface area contributed by atoms with E-state index in [0.29, 0.717) is 0 Å². The van der Waals surface area contributed by atoms with Gasteiger partial charge >= 0.3 is 0 Å². The molecule has 0 aliphatic heterocycles. The maximum Gasteiger partial charge on any atom is 0.0541 e. The Morgan fingerprint density at radius 2 is 0.671 bits per heavy atom. The molecule has 0 saturated heterocycles. The molecule has 2 aromatic heterocycles. The van der Waals surface area contributed by atoms with Crippen molar-refractivity contribution in [2.45, 2.75) is 57.8 Å². The van der Waals surface area contributed by atoms with E-state index >= 15 is 0 Å². The molecule has 13 aromatic rings. The summed E-state index contributed by atoms with van der Waals surface area (Å²) in [6, 6.07) is 86.8. The van der Waals surface area contributed by atoms with E-state index in [1.807, 2.05) is 0 Å². The third kappa shape index (κ3) is 6.58. The number of nitrogens with zero attached hydrogens (tertiary/aromatic N) is 2. The number of para-hydroxylation sites is 3. The Labute approximate surface area is 462 Å². The highest BCUT2D eigenvalue weighted by Crippen LogP contribution is 2.57. The molecule has 0 saturated carbocycles. The van der Waals surface area contributed by atoms with E-state index in [-0.39, 0.29) is 16.2 Å². The van der Waals surface area contributed by atoms with Crippen LogP contribution >= 0.6 is 0 Å². The normalized spacial score (nSPS) is 15.0. The molecule has 2 heteroatoms. The lowest BCUT2D eigenvalue weighted by atomic mass is 9.79. The van der Waals surface area contributed by atoms with Crippen LogP contribution in [-0.2, 0) is 16.2 Å². The molecular formula is C77H58N2. The minimum atomic E-state index is -0.169. The molecule has 0 bridgehead atoms. The summed E-state index contributed by atoms with van der Waals surface area (Å²) in [5.74, 6) is 0. The van der Waals surface area contributed by atoms with E-state index in [2.05, 4.69) is 293 Å². The molecule has 0 N–H and O–H groups in total. The highest BCUT2D eigenvalue weighted by atomic mass is 15.0. The molecule has 0 unspecified atom stereocenters. The zero-order valence-electron chi connectivity index (χ0n) is 45.5. The third-order valence-electron chi connectivity index (χ3n) is 18.7. The minimum Gasteiger partial charge on any atom is -0.309 e. The van der Waals surface area contributed by atoms with Crippen molar-refractivity contribution in [3.8, 4) is 67.0 Å². The lowest BCUT2D eigenvalue weighted by molar-refractivity contribution is 0.652.